The molecule has 1 saturated heterocycles. The smallest absolute Gasteiger partial charge is 0.338 e. The number of hydrogen-bond donors (Lipinski definition) is 0. The van der Waals surface area contributed by atoms with Gasteiger partial charge in [-0.2, -0.15) is 0 Å². The van der Waals surface area contributed by atoms with Crippen LogP contribution in [0.25, 0.3) is 0 Å². The van der Waals surface area contributed by atoms with Crippen molar-refractivity contribution >= 4 is 24.1 Å². The van der Waals surface area contributed by atoms with E-state index in [-0.39, 0.29) is 18.1 Å². The third-order valence-corrected chi connectivity index (χ3v) is 3.40. The van der Waals surface area contributed by atoms with Crippen molar-refractivity contribution in [3.8, 4) is 0 Å². The van der Waals surface area contributed by atoms with E-state index < -0.39 is 10.9 Å². The summed E-state index contributed by atoms with van der Waals surface area (Å²) < 4.78 is 5.18. The Morgan fingerprint density at radius 3 is 2.38 bits per heavy atom. The van der Waals surface area contributed by atoms with Gasteiger partial charge in [0.1, 0.15) is 6.61 Å². The Bertz CT molecular complexity index is 472. The Balaban J connectivity index is 0.00000220. The first-order valence-electron chi connectivity index (χ1n) is 6.81. The van der Waals surface area contributed by atoms with Crippen LogP contribution in [0.2, 0.25) is 0 Å². The number of esters is 1. The third kappa shape index (κ3) is 5.32. The number of nitrogens with zero attached hydrogens (tertiary/aromatic N) is 2. The number of nitro groups is 1. The SMILES string of the molecule is Cl.O=C(OCCN1CCCCC1)c1ccc([N+](=O)[O-])cc1. The number of benzene rings is 1. The van der Waals surface area contributed by atoms with Gasteiger partial charge in [-0.05, 0) is 38.1 Å². The maximum absolute atomic E-state index is 11.8. The molecule has 1 aliphatic rings. The van der Waals surface area contributed by atoms with Gasteiger partial charge >= 0.3 is 5.97 Å². The Hall–Kier alpha value is -1.66. The van der Waals surface area contributed by atoms with Gasteiger partial charge in [-0.1, -0.05) is 6.42 Å². The van der Waals surface area contributed by atoms with Gasteiger partial charge in [0.2, 0.25) is 0 Å². The minimum absolute atomic E-state index is 0. The summed E-state index contributed by atoms with van der Waals surface area (Å²) >= 11 is 0. The summed E-state index contributed by atoms with van der Waals surface area (Å²) in [6.45, 7) is 3.23. The minimum atomic E-state index is -0.495. The van der Waals surface area contributed by atoms with E-state index in [4.69, 9.17) is 4.74 Å². The molecule has 0 atom stereocenters. The van der Waals surface area contributed by atoms with Crippen LogP contribution in [0.15, 0.2) is 24.3 Å². The van der Waals surface area contributed by atoms with Crippen LogP contribution in [0.5, 0.6) is 0 Å². The molecule has 1 aromatic rings. The predicted octanol–water partition coefficient (Wildman–Crippen LogP) is 2.66. The summed E-state index contributed by atoms with van der Waals surface area (Å²) in [5.74, 6) is -0.433. The van der Waals surface area contributed by atoms with E-state index in [1.807, 2.05) is 0 Å². The zero-order chi connectivity index (χ0) is 14.4. The van der Waals surface area contributed by atoms with Crippen LogP contribution in [-0.4, -0.2) is 42.0 Å². The average Bonchev–Trinajstić information content (AvgIpc) is 2.48. The molecule has 0 spiro atoms. The van der Waals surface area contributed by atoms with Crippen molar-refractivity contribution in [3.05, 3.63) is 39.9 Å². The lowest BCUT2D eigenvalue weighted by molar-refractivity contribution is -0.384. The fourth-order valence-corrected chi connectivity index (χ4v) is 2.25. The van der Waals surface area contributed by atoms with Gasteiger partial charge in [-0.3, -0.25) is 15.0 Å². The molecule has 116 valence electrons. The molecule has 0 saturated carbocycles. The number of nitro benzene ring substituents is 1. The molecule has 1 heterocycles. The monoisotopic (exact) mass is 314 g/mol. The first-order chi connectivity index (χ1) is 9.66. The van der Waals surface area contributed by atoms with Gasteiger partial charge in [0.15, 0.2) is 0 Å². The zero-order valence-corrected chi connectivity index (χ0v) is 12.5. The number of ether oxygens (including phenoxy) is 1. The highest BCUT2D eigenvalue weighted by Gasteiger charge is 2.13. The molecule has 7 heteroatoms. The molecule has 21 heavy (non-hydrogen) atoms. The van der Waals surface area contributed by atoms with Crippen LogP contribution in [-0.2, 0) is 4.74 Å². The van der Waals surface area contributed by atoms with Crippen molar-refractivity contribution in [3.63, 3.8) is 0 Å². The summed E-state index contributed by atoms with van der Waals surface area (Å²) in [5, 5.41) is 10.5. The molecule has 1 aliphatic heterocycles. The maximum atomic E-state index is 11.8. The summed E-state index contributed by atoms with van der Waals surface area (Å²) in [6.07, 6.45) is 3.69. The second-order valence-corrected chi connectivity index (χ2v) is 4.84. The van der Waals surface area contributed by atoms with E-state index in [1.165, 1.54) is 43.5 Å². The van der Waals surface area contributed by atoms with Gasteiger partial charge in [-0.25, -0.2) is 4.79 Å². The van der Waals surface area contributed by atoms with Crippen LogP contribution >= 0.6 is 12.4 Å². The van der Waals surface area contributed by atoms with E-state index in [1.54, 1.807) is 0 Å². The topological polar surface area (TPSA) is 72.7 Å². The largest absolute Gasteiger partial charge is 0.461 e. The van der Waals surface area contributed by atoms with Crippen molar-refractivity contribution in [2.24, 2.45) is 0 Å². The number of hydrogen-bond acceptors (Lipinski definition) is 5. The van der Waals surface area contributed by atoms with Crippen LogP contribution in [0.1, 0.15) is 29.6 Å². The van der Waals surface area contributed by atoms with Gasteiger partial charge in [0, 0.05) is 18.7 Å². The fraction of sp³-hybridized carbons (Fsp3) is 0.500. The highest BCUT2D eigenvalue weighted by Crippen LogP contribution is 2.13. The van der Waals surface area contributed by atoms with Crippen molar-refractivity contribution in [2.45, 2.75) is 19.3 Å². The molecular formula is C14H19ClN2O4. The van der Waals surface area contributed by atoms with Gasteiger partial charge in [0.05, 0.1) is 10.5 Å². The molecular weight excluding hydrogens is 296 g/mol. The van der Waals surface area contributed by atoms with Crippen LogP contribution < -0.4 is 0 Å². The highest BCUT2D eigenvalue weighted by molar-refractivity contribution is 5.89. The molecule has 0 amide bonds. The first-order valence-corrected chi connectivity index (χ1v) is 6.81. The van der Waals surface area contributed by atoms with E-state index in [9.17, 15) is 14.9 Å². The quantitative estimate of drug-likeness (QED) is 0.474. The molecule has 0 aliphatic carbocycles. The first kappa shape index (κ1) is 17.4. The summed E-state index contributed by atoms with van der Waals surface area (Å²) in [5.41, 5.74) is 0.309. The number of rotatable bonds is 5. The molecule has 1 fully saturated rings. The normalized spacial score (nSPS) is 15.0. The lowest BCUT2D eigenvalue weighted by atomic mass is 10.1. The molecule has 0 radical (unpaired) electrons. The predicted molar refractivity (Wildman–Crippen MR) is 80.9 cm³/mol. The number of carbonyl (C=O) groups is 1. The van der Waals surface area contributed by atoms with E-state index in [0.29, 0.717) is 12.2 Å². The van der Waals surface area contributed by atoms with Crippen molar-refractivity contribution in [2.75, 3.05) is 26.2 Å². The Morgan fingerprint density at radius 2 is 1.81 bits per heavy atom. The summed E-state index contributed by atoms with van der Waals surface area (Å²) in [7, 11) is 0. The molecule has 0 N–H and O–H groups in total. The summed E-state index contributed by atoms with van der Waals surface area (Å²) in [4.78, 5) is 24.1. The molecule has 1 aromatic carbocycles. The molecule has 0 bridgehead atoms. The van der Waals surface area contributed by atoms with Crippen molar-refractivity contribution in [1.82, 2.24) is 4.90 Å². The van der Waals surface area contributed by atoms with Gasteiger partial charge < -0.3 is 4.74 Å². The van der Waals surface area contributed by atoms with Crippen LogP contribution in [0.3, 0.4) is 0 Å². The minimum Gasteiger partial charge on any atom is -0.461 e. The number of likely N-dealkylation sites (tertiary alicyclic amines) is 1. The fourth-order valence-electron chi connectivity index (χ4n) is 2.25. The molecule has 0 unspecified atom stereocenters. The Labute approximate surface area is 129 Å². The Kier molecular flexibility index (Phi) is 7.11. The zero-order valence-electron chi connectivity index (χ0n) is 11.7. The lowest BCUT2D eigenvalue weighted by Crippen LogP contribution is -2.33. The number of halogens is 1. The van der Waals surface area contributed by atoms with Gasteiger partial charge in [0.25, 0.3) is 5.69 Å². The van der Waals surface area contributed by atoms with Gasteiger partial charge in [-0.15, -0.1) is 12.4 Å². The Morgan fingerprint density at radius 1 is 1.19 bits per heavy atom. The van der Waals surface area contributed by atoms with Crippen molar-refractivity contribution < 1.29 is 14.5 Å². The number of carbonyl (C=O) groups excluding carboxylic acids is 1. The second-order valence-electron chi connectivity index (χ2n) is 4.84. The molecule has 6 nitrogen and oxygen atoms in total. The average molecular weight is 315 g/mol. The standard InChI is InChI=1S/C14H18N2O4.ClH/c17-14(12-4-6-13(7-5-12)16(18)19)20-11-10-15-8-2-1-3-9-15;/h4-7H,1-3,8-11H2;1H. The lowest BCUT2D eigenvalue weighted by Gasteiger charge is -2.25. The van der Waals surface area contributed by atoms with E-state index >= 15 is 0 Å². The molecule has 0 aromatic heterocycles. The van der Waals surface area contributed by atoms with Crippen LogP contribution in [0, 0.1) is 10.1 Å². The highest BCUT2D eigenvalue weighted by atomic mass is 35.5. The number of piperidine rings is 1. The second kappa shape index (κ2) is 8.59. The van der Waals surface area contributed by atoms with Crippen LogP contribution in [0.4, 0.5) is 5.69 Å². The van der Waals surface area contributed by atoms with E-state index in [2.05, 4.69) is 4.90 Å². The number of non-ortho nitro benzene ring substituents is 1. The summed E-state index contributed by atoms with van der Waals surface area (Å²) in [6, 6.07) is 5.45. The maximum Gasteiger partial charge on any atom is 0.338 e. The molecule has 2 rings (SSSR count). The third-order valence-electron chi connectivity index (χ3n) is 3.40. The van der Waals surface area contributed by atoms with E-state index in [0.717, 1.165) is 19.6 Å². The van der Waals surface area contributed by atoms with Crippen molar-refractivity contribution in [1.29, 1.82) is 0 Å².